The van der Waals surface area contributed by atoms with Gasteiger partial charge < -0.3 is 5.32 Å². The SMILES string of the molecule is CC(C)C(Br)C(=O)NCc1ccccn1. The topological polar surface area (TPSA) is 42.0 Å². The minimum atomic E-state index is -0.138. The molecule has 15 heavy (non-hydrogen) atoms. The van der Waals surface area contributed by atoms with Gasteiger partial charge in [-0.2, -0.15) is 0 Å². The third-order valence-corrected chi connectivity index (χ3v) is 3.48. The van der Waals surface area contributed by atoms with Gasteiger partial charge in [0.05, 0.1) is 17.1 Å². The van der Waals surface area contributed by atoms with E-state index in [-0.39, 0.29) is 16.7 Å². The summed E-state index contributed by atoms with van der Waals surface area (Å²) in [7, 11) is 0. The van der Waals surface area contributed by atoms with Gasteiger partial charge in [0, 0.05) is 6.20 Å². The molecule has 0 radical (unpaired) electrons. The fourth-order valence-electron chi connectivity index (χ4n) is 1.08. The Balaban J connectivity index is 2.41. The first-order valence-corrected chi connectivity index (χ1v) is 5.84. The number of alkyl halides is 1. The smallest absolute Gasteiger partial charge is 0.234 e. The maximum absolute atomic E-state index is 11.6. The average Bonchev–Trinajstić information content (AvgIpc) is 2.26. The Morgan fingerprint density at radius 1 is 1.53 bits per heavy atom. The maximum Gasteiger partial charge on any atom is 0.234 e. The summed E-state index contributed by atoms with van der Waals surface area (Å²) >= 11 is 3.35. The Morgan fingerprint density at radius 3 is 2.80 bits per heavy atom. The lowest BCUT2D eigenvalue weighted by Gasteiger charge is -2.13. The van der Waals surface area contributed by atoms with Crippen LogP contribution in [-0.4, -0.2) is 15.7 Å². The largest absolute Gasteiger partial charge is 0.349 e. The monoisotopic (exact) mass is 270 g/mol. The van der Waals surface area contributed by atoms with Gasteiger partial charge in [0.2, 0.25) is 5.91 Å². The van der Waals surface area contributed by atoms with Crippen molar-refractivity contribution in [2.45, 2.75) is 25.2 Å². The number of hydrogen-bond acceptors (Lipinski definition) is 2. The van der Waals surface area contributed by atoms with Crippen molar-refractivity contribution in [3.63, 3.8) is 0 Å². The van der Waals surface area contributed by atoms with Crippen LogP contribution < -0.4 is 5.32 Å². The van der Waals surface area contributed by atoms with Crippen molar-refractivity contribution in [1.29, 1.82) is 0 Å². The molecule has 4 heteroatoms. The highest BCUT2D eigenvalue weighted by atomic mass is 79.9. The summed E-state index contributed by atoms with van der Waals surface area (Å²) in [5.41, 5.74) is 0.870. The first kappa shape index (κ1) is 12.2. The zero-order valence-electron chi connectivity index (χ0n) is 8.90. The molecule has 0 bridgehead atoms. The molecule has 1 amide bonds. The second kappa shape index (κ2) is 5.85. The summed E-state index contributed by atoms with van der Waals surface area (Å²) in [6, 6.07) is 5.65. The van der Waals surface area contributed by atoms with Crippen LogP contribution in [0, 0.1) is 5.92 Å². The van der Waals surface area contributed by atoms with Gasteiger partial charge >= 0.3 is 0 Å². The van der Waals surface area contributed by atoms with Gasteiger partial charge in [-0.25, -0.2) is 0 Å². The molecule has 0 saturated heterocycles. The Bertz CT molecular complexity index is 314. The van der Waals surface area contributed by atoms with Crippen LogP contribution in [0.4, 0.5) is 0 Å². The molecule has 1 atom stereocenters. The highest BCUT2D eigenvalue weighted by Crippen LogP contribution is 2.11. The lowest BCUT2D eigenvalue weighted by atomic mass is 10.1. The number of aromatic nitrogens is 1. The molecule has 1 unspecified atom stereocenters. The second-order valence-electron chi connectivity index (χ2n) is 3.68. The number of nitrogens with zero attached hydrogens (tertiary/aromatic N) is 1. The number of pyridine rings is 1. The molecule has 0 saturated carbocycles. The van der Waals surface area contributed by atoms with E-state index in [0.29, 0.717) is 6.54 Å². The summed E-state index contributed by atoms with van der Waals surface area (Å²) in [6.45, 7) is 4.48. The first-order chi connectivity index (χ1) is 7.11. The minimum Gasteiger partial charge on any atom is -0.349 e. The van der Waals surface area contributed by atoms with E-state index < -0.39 is 0 Å². The summed E-state index contributed by atoms with van der Waals surface area (Å²) in [4.78, 5) is 15.6. The number of nitrogens with one attached hydrogen (secondary N) is 1. The van der Waals surface area contributed by atoms with Crippen LogP contribution in [0.15, 0.2) is 24.4 Å². The molecule has 0 spiro atoms. The van der Waals surface area contributed by atoms with E-state index in [1.807, 2.05) is 32.0 Å². The van der Waals surface area contributed by atoms with Crippen molar-refractivity contribution in [3.05, 3.63) is 30.1 Å². The minimum absolute atomic E-state index is 0.00986. The van der Waals surface area contributed by atoms with Crippen LogP contribution in [0.2, 0.25) is 0 Å². The zero-order chi connectivity index (χ0) is 11.3. The zero-order valence-corrected chi connectivity index (χ0v) is 10.5. The van der Waals surface area contributed by atoms with E-state index in [4.69, 9.17) is 0 Å². The molecule has 1 heterocycles. The van der Waals surface area contributed by atoms with Crippen molar-refractivity contribution in [3.8, 4) is 0 Å². The second-order valence-corrected chi connectivity index (χ2v) is 4.67. The number of amides is 1. The summed E-state index contributed by atoms with van der Waals surface area (Å²) in [5.74, 6) is 0.296. The fourth-order valence-corrected chi connectivity index (χ4v) is 1.24. The van der Waals surface area contributed by atoms with Crippen LogP contribution in [0.25, 0.3) is 0 Å². The number of hydrogen-bond donors (Lipinski definition) is 1. The van der Waals surface area contributed by atoms with E-state index in [9.17, 15) is 4.79 Å². The van der Waals surface area contributed by atoms with Crippen molar-refractivity contribution in [2.24, 2.45) is 5.92 Å². The normalized spacial score (nSPS) is 12.5. The van der Waals surface area contributed by atoms with Crippen molar-refractivity contribution >= 4 is 21.8 Å². The highest BCUT2D eigenvalue weighted by Gasteiger charge is 2.17. The van der Waals surface area contributed by atoms with Crippen molar-refractivity contribution in [2.75, 3.05) is 0 Å². The molecule has 1 rings (SSSR count). The highest BCUT2D eigenvalue weighted by molar-refractivity contribution is 9.10. The van der Waals surface area contributed by atoms with Gasteiger partial charge in [0.1, 0.15) is 0 Å². The van der Waals surface area contributed by atoms with Gasteiger partial charge in [-0.1, -0.05) is 35.8 Å². The molecule has 1 aromatic heterocycles. The maximum atomic E-state index is 11.6. The Labute approximate surface area is 98.4 Å². The van der Waals surface area contributed by atoms with Crippen LogP contribution in [-0.2, 0) is 11.3 Å². The van der Waals surface area contributed by atoms with Crippen LogP contribution in [0.1, 0.15) is 19.5 Å². The molecule has 82 valence electrons. The van der Waals surface area contributed by atoms with Gasteiger partial charge in [-0.05, 0) is 18.1 Å². The molecular weight excluding hydrogens is 256 g/mol. The van der Waals surface area contributed by atoms with Crippen LogP contribution in [0.3, 0.4) is 0 Å². The van der Waals surface area contributed by atoms with Gasteiger partial charge in [0.15, 0.2) is 0 Å². The molecular formula is C11H15BrN2O. The standard InChI is InChI=1S/C11H15BrN2O/c1-8(2)10(12)11(15)14-7-9-5-3-4-6-13-9/h3-6,8,10H,7H2,1-2H3,(H,14,15). The fraction of sp³-hybridized carbons (Fsp3) is 0.455. The summed E-state index contributed by atoms with van der Waals surface area (Å²) in [6.07, 6.45) is 1.72. The lowest BCUT2D eigenvalue weighted by Crippen LogP contribution is -2.33. The molecule has 0 aromatic carbocycles. The van der Waals surface area contributed by atoms with Crippen LogP contribution >= 0.6 is 15.9 Å². The number of halogens is 1. The molecule has 3 nitrogen and oxygen atoms in total. The van der Waals surface area contributed by atoms with E-state index in [2.05, 4.69) is 26.2 Å². The van der Waals surface area contributed by atoms with Gasteiger partial charge in [-0.3, -0.25) is 9.78 Å². The number of rotatable bonds is 4. The quantitative estimate of drug-likeness (QED) is 0.852. The molecule has 0 fully saturated rings. The Kier molecular flexibility index (Phi) is 4.75. The molecule has 0 aliphatic carbocycles. The predicted molar refractivity (Wildman–Crippen MR) is 63.6 cm³/mol. The van der Waals surface area contributed by atoms with Gasteiger partial charge in [0.25, 0.3) is 0 Å². The van der Waals surface area contributed by atoms with E-state index in [1.54, 1.807) is 6.20 Å². The van der Waals surface area contributed by atoms with Gasteiger partial charge in [-0.15, -0.1) is 0 Å². The summed E-state index contributed by atoms with van der Waals surface area (Å²) < 4.78 is 0. The van der Waals surface area contributed by atoms with E-state index >= 15 is 0 Å². The number of carbonyl (C=O) groups excluding carboxylic acids is 1. The average molecular weight is 271 g/mol. The third kappa shape index (κ3) is 4.00. The Morgan fingerprint density at radius 2 is 2.27 bits per heavy atom. The molecule has 0 aliphatic heterocycles. The van der Waals surface area contributed by atoms with Crippen LogP contribution in [0.5, 0.6) is 0 Å². The molecule has 1 aromatic rings. The van der Waals surface area contributed by atoms with Crippen molar-refractivity contribution in [1.82, 2.24) is 10.3 Å². The first-order valence-electron chi connectivity index (χ1n) is 4.93. The van der Waals surface area contributed by atoms with E-state index in [1.165, 1.54) is 0 Å². The molecule has 1 N–H and O–H groups in total. The van der Waals surface area contributed by atoms with Crippen molar-refractivity contribution < 1.29 is 4.79 Å². The number of carbonyl (C=O) groups is 1. The van der Waals surface area contributed by atoms with E-state index in [0.717, 1.165) is 5.69 Å². The predicted octanol–water partition coefficient (Wildman–Crippen LogP) is 2.12. The molecule has 0 aliphatic rings. The summed E-state index contributed by atoms with van der Waals surface area (Å²) in [5, 5.41) is 2.83. The third-order valence-electron chi connectivity index (χ3n) is 2.01. The Hall–Kier alpha value is -0.900. The lowest BCUT2D eigenvalue weighted by molar-refractivity contribution is -0.121.